The van der Waals surface area contributed by atoms with E-state index in [1.165, 1.54) is 25.3 Å². The summed E-state index contributed by atoms with van der Waals surface area (Å²) in [4.78, 5) is 14.9. The normalized spacial score (nSPS) is 18.3. The molecular formula is C13H19Cl2N3O. The van der Waals surface area contributed by atoms with Crippen LogP contribution in [-0.2, 0) is 0 Å². The Balaban J connectivity index is 1.99. The lowest BCUT2D eigenvalue weighted by atomic mass is 9.84. The lowest BCUT2D eigenvalue weighted by Gasteiger charge is -2.29. The van der Waals surface area contributed by atoms with Crippen molar-refractivity contribution >= 4 is 29.1 Å². The van der Waals surface area contributed by atoms with E-state index in [1.54, 1.807) is 0 Å². The molecule has 0 aromatic carbocycles. The quantitative estimate of drug-likeness (QED) is 0.800. The number of hydrogen-bond donors (Lipinski definition) is 3. The molecule has 1 fully saturated rings. The lowest BCUT2D eigenvalue weighted by molar-refractivity contribution is 0.0911. The molecule has 0 bridgehead atoms. The van der Waals surface area contributed by atoms with Crippen molar-refractivity contribution in [1.82, 2.24) is 10.3 Å². The summed E-state index contributed by atoms with van der Waals surface area (Å²) in [5, 5.41) is 3.62. The van der Waals surface area contributed by atoms with Crippen molar-refractivity contribution in [2.24, 2.45) is 11.7 Å². The number of halogens is 2. The van der Waals surface area contributed by atoms with Crippen LogP contribution in [0.1, 0.15) is 42.6 Å². The molecule has 19 heavy (non-hydrogen) atoms. The molecule has 1 saturated carbocycles. The Morgan fingerprint density at radius 1 is 1.42 bits per heavy atom. The summed E-state index contributed by atoms with van der Waals surface area (Å²) in [5.74, 6) is 0.276. The average molecular weight is 304 g/mol. The van der Waals surface area contributed by atoms with Crippen LogP contribution in [0.4, 0.5) is 0 Å². The van der Waals surface area contributed by atoms with E-state index >= 15 is 0 Å². The SMILES string of the molecule is NCC(NC(=O)c1cc(Cl)c(Cl)[nH]1)C1CCCCC1. The maximum Gasteiger partial charge on any atom is 0.268 e. The van der Waals surface area contributed by atoms with Crippen molar-refractivity contribution in [2.75, 3.05) is 6.54 Å². The van der Waals surface area contributed by atoms with Gasteiger partial charge >= 0.3 is 0 Å². The Morgan fingerprint density at radius 3 is 2.63 bits per heavy atom. The summed E-state index contributed by atoms with van der Waals surface area (Å²) in [6, 6.07) is 1.56. The molecule has 1 aromatic rings. The molecule has 4 nitrogen and oxygen atoms in total. The van der Waals surface area contributed by atoms with Gasteiger partial charge in [0, 0.05) is 12.6 Å². The molecule has 2 rings (SSSR count). The van der Waals surface area contributed by atoms with Gasteiger partial charge in [-0.3, -0.25) is 4.79 Å². The second kappa shape index (κ2) is 6.64. The highest BCUT2D eigenvalue weighted by atomic mass is 35.5. The van der Waals surface area contributed by atoms with Gasteiger partial charge in [-0.05, 0) is 24.8 Å². The van der Waals surface area contributed by atoms with Gasteiger partial charge < -0.3 is 16.0 Å². The van der Waals surface area contributed by atoms with Crippen molar-refractivity contribution in [3.63, 3.8) is 0 Å². The molecule has 1 heterocycles. The number of hydrogen-bond acceptors (Lipinski definition) is 2. The van der Waals surface area contributed by atoms with E-state index in [9.17, 15) is 4.79 Å². The van der Waals surface area contributed by atoms with E-state index in [4.69, 9.17) is 28.9 Å². The predicted molar refractivity (Wildman–Crippen MR) is 77.7 cm³/mol. The third-order valence-corrected chi connectivity index (χ3v) is 4.45. The number of carbonyl (C=O) groups excluding carboxylic acids is 1. The van der Waals surface area contributed by atoms with Crippen molar-refractivity contribution in [2.45, 2.75) is 38.1 Å². The summed E-state index contributed by atoms with van der Waals surface area (Å²) < 4.78 is 0. The first-order valence-electron chi connectivity index (χ1n) is 6.66. The van der Waals surface area contributed by atoms with Gasteiger partial charge in [0.05, 0.1) is 5.02 Å². The second-order valence-corrected chi connectivity index (χ2v) is 5.84. The van der Waals surface area contributed by atoms with E-state index < -0.39 is 0 Å². The smallest absolute Gasteiger partial charge is 0.268 e. The molecule has 6 heteroatoms. The number of amides is 1. The molecule has 1 aromatic heterocycles. The number of nitrogens with two attached hydrogens (primary N) is 1. The van der Waals surface area contributed by atoms with Crippen LogP contribution in [0, 0.1) is 5.92 Å². The molecule has 4 N–H and O–H groups in total. The molecule has 0 radical (unpaired) electrons. The zero-order valence-corrected chi connectivity index (χ0v) is 12.2. The molecule has 1 amide bonds. The zero-order chi connectivity index (χ0) is 13.8. The number of carbonyl (C=O) groups is 1. The van der Waals surface area contributed by atoms with Crippen molar-refractivity contribution in [1.29, 1.82) is 0 Å². The first kappa shape index (κ1) is 14.7. The van der Waals surface area contributed by atoms with Crippen LogP contribution in [0.3, 0.4) is 0 Å². The van der Waals surface area contributed by atoms with Gasteiger partial charge in [-0.25, -0.2) is 0 Å². The van der Waals surface area contributed by atoms with Gasteiger partial charge in [0.25, 0.3) is 5.91 Å². The highest BCUT2D eigenvalue weighted by Crippen LogP contribution is 2.27. The van der Waals surface area contributed by atoms with Crippen LogP contribution < -0.4 is 11.1 Å². The summed E-state index contributed by atoms with van der Waals surface area (Å²) in [7, 11) is 0. The van der Waals surface area contributed by atoms with Gasteiger partial charge in [-0.1, -0.05) is 42.5 Å². The summed E-state index contributed by atoms with van der Waals surface area (Å²) >= 11 is 11.6. The fourth-order valence-corrected chi connectivity index (χ4v) is 2.99. The Kier molecular flexibility index (Phi) is 5.13. The zero-order valence-electron chi connectivity index (χ0n) is 10.7. The van der Waals surface area contributed by atoms with Crippen molar-refractivity contribution < 1.29 is 4.79 Å². The number of aromatic amines is 1. The minimum absolute atomic E-state index is 0.0219. The topological polar surface area (TPSA) is 70.9 Å². The summed E-state index contributed by atoms with van der Waals surface area (Å²) in [6.45, 7) is 0.457. The molecular weight excluding hydrogens is 285 g/mol. The van der Waals surface area contributed by atoms with Crippen LogP contribution in [0.15, 0.2) is 6.07 Å². The number of aromatic nitrogens is 1. The average Bonchev–Trinajstić information content (AvgIpc) is 2.77. The number of nitrogens with one attached hydrogen (secondary N) is 2. The Labute approximate surface area is 123 Å². The van der Waals surface area contributed by atoms with Crippen molar-refractivity contribution in [3.8, 4) is 0 Å². The van der Waals surface area contributed by atoms with Gasteiger partial charge in [0.15, 0.2) is 0 Å². The molecule has 1 aliphatic rings. The minimum Gasteiger partial charge on any atom is -0.346 e. The van der Waals surface area contributed by atoms with E-state index in [2.05, 4.69) is 10.3 Å². The van der Waals surface area contributed by atoms with Gasteiger partial charge in [-0.2, -0.15) is 0 Å². The molecule has 1 atom stereocenters. The fraction of sp³-hybridized carbons (Fsp3) is 0.615. The van der Waals surface area contributed by atoms with E-state index in [0.717, 1.165) is 12.8 Å². The van der Waals surface area contributed by atoms with E-state index in [0.29, 0.717) is 23.2 Å². The van der Waals surface area contributed by atoms with Crippen LogP contribution in [0.25, 0.3) is 0 Å². The Morgan fingerprint density at radius 2 is 2.11 bits per heavy atom. The first-order valence-corrected chi connectivity index (χ1v) is 7.42. The Hall–Kier alpha value is -0.710. The summed E-state index contributed by atoms with van der Waals surface area (Å²) in [6.07, 6.45) is 5.99. The first-order chi connectivity index (χ1) is 9.11. The maximum absolute atomic E-state index is 12.1. The molecule has 1 aliphatic carbocycles. The summed E-state index contributed by atoms with van der Waals surface area (Å²) in [5.41, 5.74) is 6.17. The maximum atomic E-state index is 12.1. The third-order valence-electron chi connectivity index (χ3n) is 3.76. The number of rotatable bonds is 4. The van der Waals surface area contributed by atoms with Crippen LogP contribution >= 0.6 is 23.2 Å². The lowest BCUT2D eigenvalue weighted by Crippen LogP contribution is -2.46. The monoisotopic (exact) mass is 303 g/mol. The standard InChI is InChI=1S/C13H19Cl2N3O/c14-9-6-10(17-12(9)15)13(19)18-11(7-16)8-4-2-1-3-5-8/h6,8,11,17H,1-5,7,16H2,(H,18,19). The molecule has 106 valence electrons. The molecule has 0 aliphatic heterocycles. The van der Waals surface area contributed by atoms with Crippen LogP contribution in [0.5, 0.6) is 0 Å². The largest absolute Gasteiger partial charge is 0.346 e. The van der Waals surface area contributed by atoms with Gasteiger partial charge in [0.1, 0.15) is 10.8 Å². The van der Waals surface area contributed by atoms with Crippen molar-refractivity contribution in [3.05, 3.63) is 21.9 Å². The fourth-order valence-electron chi connectivity index (χ4n) is 2.68. The Bertz CT molecular complexity index is 422. The highest BCUT2D eigenvalue weighted by molar-refractivity contribution is 6.41. The van der Waals surface area contributed by atoms with Gasteiger partial charge in [-0.15, -0.1) is 0 Å². The van der Waals surface area contributed by atoms with Crippen LogP contribution in [0.2, 0.25) is 10.2 Å². The minimum atomic E-state index is -0.199. The third kappa shape index (κ3) is 3.65. The predicted octanol–water partition coefficient (Wildman–Crippen LogP) is 2.96. The molecule has 0 saturated heterocycles. The molecule has 1 unspecified atom stereocenters. The van der Waals surface area contributed by atoms with E-state index in [-0.39, 0.29) is 17.1 Å². The second-order valence-electron chi connectivity index (χ2n) is 5.06. The number of H-pyrrole nitrogens is 1. The molecule has 0 spiro atoms. The highest BCUT2D eigenvalue weighted by Gasteiger charge is 2.25. The van der Waals surface area contributed by atoms with Gasteiger partial charge in [0.2, 0.25) is 0 Å². The van der Waals surface area contributed by atoms with Crippen LogP contribution in [-0.4, -0.2) is 23.5 Å². The van der Waals surface area contributed by atoms with E-state index in [1.807, 2.05) is 0 Å².